The van der Waals surface area contributed by atoms with Gasteiger partial charge in [0.2, 0.25) is 5.91 Å². The highest BCUT2D eigenvalue weighted by Gasteiger charge is 2.53. The Morgan fingerprint density at radius 3 is 2.40 bits per heavy atom. The molecule has 0 aromatic heterocycles. The van der Waals surface area contributed by atoms with Gasteiger partial charge >= 0.3 is 5.97 Å². The number of rotatable bonds is 3. The van der Waals surface area contributed by atoms with E-state index >= 15 is 0 Å². The Balaban J connectivity index is 1.84. The van der Waals surface area contributed by atoms with E-state index < -0.39 is 17.5 Å². The second-order valence-electron chi connectivity index (χ2n) is 4.56. The number of aliphatic hydroxyl groups is 1. The minimum absolute atomic E-state index is 0.111. The van der Waals surface area contributed by atoms with Crippen molar-refractivity contribution < 1.29 is 19.8 Å². The van der Waals surface area contributed by atoms with Gasteiger partial charge in [-0.1, -0.05) is 6.92 Å². The number of amides is 1. The molecule has 2 N–H and O–H groups in total. The van der Waals surface area contributed by atoms with Crippen LogP contribution < -0.4 is 0 Å². The highest BCUT2D eigenvalue weighted by molar-refractivity contribution is 5.90. The molecule has 1 amide bonds. The normalized spacial score (nSPS) is 32.0. The van der Waals surface area contributed by atoms with Crippen molar-refractivity contribution in [2.24, 2.45) is 11.8 Å². The van der Waals surface area contributed by atoms with Gasteiger partial charge in [0.25, 0.3) is 0 Å². The minimum Gasteiger partial charge on any atom is -0.481 e. The van der Waals surface area contributed by atoms with Crippen molar-refractivity contribution in [2.45, 2.75) is 25.4 Å². The zero-order valence-corrected chi connectivity index (χ0v) is 8.64. The molecule has 15 heavy (non-hydrogen) atoms. The number of carboxylic acid groups (broad SMARTS) is 1. The second-order valence-corrected chi connectivity index (χ2v) is 4.56. The van der Waals surface area contributed by atoms with Crippen LogP contribution in [-0.4, -0.2) is 45.7 Å². The fourth-order valence-electron chi connectivity index (χ4n) is 2.02. The molecule has 84 valence electrons. The van der Waals surface area contributed by atoms with E-state index in [4.69, 9.17) is 5.11 Å². The molecule has 0 aromatic rings. The van der Waals surface area contributed by atoms with Gasteiger partial charge in [0.1, 0.15) is 0 Å². The lowest BCUT2D eigenvalue weighted by atomic mass is 9.91. The predicted octanol–water partition coefficient (Wildman–Crippen LogP) is -0.310. The quantitative estimate of drug-likeness (QED) is 0.674. The molecule has 2 aliphatic rings. The van der Waals surface area contributed by atoms with Crippen molar-refractivity contribution in [3.05, 3.63) is 0 Å². The van der Waals surface area contributed by atoms with Crippen LogP contribution in [0.25, 0.3) is 0 Å². The van der Waals surface area contributed by atoms with E-state index in [2.05, 4.69) is 0 Å². The van der Waals surface area contributed by atoms with Crippen LogP contribution in [0.3, 0.4) is 0 Å². The first kappa shape index (κ1) is 10.4. The van der Waals surface area contributed by atoms with Crippen LogP contribution in [0.5, 0.6) is 0 Å². The summed E-state index contributed by atoms with van der Waals surface area (Å²) in [6.07, 6.45) is 1.08. The Bertz CT molecular complexity index is 309. The molecule has 1 saturated heterocycles. The molecule has 0 spiro atoms. The van der Waals surface area contributed by atoms with Gasteiger partial charge in [-0.15, -0.1) is 0 Å². The molecule has 0 radical (unpaired) electrons. The maximum Gasteiger partial charge on any atom is 0.307 e. The Morgan fingerprint density at radius 1 is 1.40 bits per heavy atom. The van der Waals surface area contributed by atoms with Crippen LogP contribution in [0, 0.1) is 11.8 Å². The zero-order valence-electron chi connectivity index (χ0n) is 8.64. The smallest absolute Gasteiger partial charge is 0.307 e. The first-order valence-corrected chi connectivity index (χ1v) is 5.21. The summed E-state index contributed by atoms with van der Waals surface area (Å²) in [5.41, 5.74) is -0.733. The van der Waals surface area contributed by atoms with Gasteiger partial charge < -0.3 is 15.1 Å². The Morgan fingerprint density at radius 2 is 2.00 bits per heavy atom. The first-order valence-electron chi connectivity index (χ1n) is 5.21. The van der Waals surface area contributed by atoms with Gasteiger partial charge in [0, 0.05) is 0 Å². The van der Waals surface area contributed by atoms with Crippen molar-refractivity contribution in [3.63, 3.8) is 0 Å². The molecule has 0 bridgehead atoms. The molecule has 0 aromatic carbocycles. The van der Waals surface area contributed by atoms with Gasteiger partial charge in [-0.3, -0.25) is 9.59 Å². The number of carboxylic acids is 1. The molecule has 2 rings (SSSR count). The number of β-amino-alcohol motifs (C(OH)–C–C–N with tert-alkyl or cyclic N) is 1. The average Bonchev–Trinajstić information content (AvgIpc) is 2.91. The van der Waals surface area contributed by atoms with Crippen LogP contribution >= 0.6 is 0 Å². The summed E-state index contributed by atoms with van der Waals surface area (Å²) in [6, 6.07) is 0. The van der Waals surface area contributed by atoms with Crippen LogP contribution in [-0.2, 0) is 9.59 Å². The molecule has 1 saturated carbocycles. The lowest BCUT2D eigenvalue weighted by Crippen LogP contribution is -2.63. The maximum atomic E-state index is 11.7. The molecule has 1 heterocycles. The Labute approximate surface area is 87.7 Å². The van der Waals surface area contributed by atoms with Gasteiger partial charge in [-0.05, 0) is 12.8 Å². The summed E-state index contributed by atoms with van der Waals surface area (Å²) in [7, 11) is 0. The minimum atomic E-state index is -0.889. The maximum absolute atomic E-state index is 11.7. The zero-order chi connectivity index (χ0) is 11.2. The van der Waals surface area contributed by atoms with Crippen molar-refractivity contribution in [3.8, 4) is 0 Å². The number of likely N-dealkylation sites (tertiary alicyclic amines) is 1. The molecule has 0 unspecified atom stereocenters. The van der Waals surface area contributed by atoms with Crippen molar-refractivity contribution in [2.75, 3.05) is 13.1 Å². The summed E-state index contributed by atoms with van der Waals surface area (Å²) in [5.74, 6) is -1.84. The van der Waals surface area contributed by atoms with Crippen LogP contribution in [0.2, 0.25) is 0 Å². The van der Waals surface area contributed by atoms with E-state index in [-0.39, 0.29) is 11.8 Å². The number of hydrogen-bond donors (Lipinski definition) is 2. The lowest BCUT2D eigenvalue weighted by Gasteiger charge is -2.46. The van der Waals surface area contributed by atoms with Crippen LogP contribution in [0.1, 0.15) is 19.8 Å². The number of aliphatic carboxylic acids is 1. The second kappa shape index (κ2) is 3.20. The van der Waals surface area contributed by atoms with E-state index in [1.165, 1.54) is 0 Å². The Kier molecular flexibility index (Phi) is 2.22. The van der Waals surface area contributed by atoms with Crippen LogP contribution in [0.4, 0.5) is 0 Å². The summed E-state index contributed by atoms with van der Waals surface area (Å²) < 4.78 is 0. The molecular formula is C10H15NO4. The van der Waals surface area contributed by atoms with E-state index in [0.717, 1.165) is 0 Å². The summed E-state index contributed by atoms with van der Waals surface area (Å²) in [4.78, 5) is 23.8. The van der Waals surface area contributed by atoms with Crippen LogP contribution in [0.15, 0.2) is 0 Å². The number of nitrogens with zero attached hydrogens (tertiary/aromatic N) is 1. The summed E-state index contributed by atoms with van der Waals surface area (Å²) >= 11 is 0. The third kappa shape index (κ3) is 1.71. The third-order valence-electron chi connectivity index (χ3n) is 3.36. The van der Waals surface area contributed by atoms with Gasteiger partial charge in [0.15, 0.2) is 0 Å². The molecule has 1 aliphatic heterocycles. The molecule has 1 aliphatic carbocycles. The molecule has 5 nitrogen and oxygen atoms in total. The van der Waals surface area contributed by atoms with E-state index in [0.29, 0.717) is 25.9 Å². The molecule has 2 atom stereocenters. The number of carbonyl (C=O) groups excluding carboxylic acids is 1. The number of hydrogen-bond acceptors (Lipinski definition) is 3. The van der Waals surface area contributed by atoms with E-state index in [9.17, 15) is 14.7 Å². The average molecular weight is 213 g/mol. The van der Waals surface area contributed by atoms with Gasteiger partial charge in [0.05, 0.1) is 30.5 Å². The van der Waals surface area contributed by atoms with E-state index in [1.54, 1.807) is 4.90 Å². The fourth-order valence-corrected chi connectivity index (χ4v) is 2.02. The predicted molar refractivity (Wildman–Crippen MR) is 51.1 cm³/mol. The summed E-state index contributed by atoms with van der Waals surface area (Å²) in [5, 5.41) is 18.4. The highest BCUT2D eigenvalue weighted by Crippen LogP contribution is 2.41. The largest absolute Gasteiger partial charge is 0.481 e. The van der Waals surface area contributed by atoms with Crippen molar-refractivity contribution in [1.82, 2.24) is 4.90 Å². The van der Waals surface area contributed by atoms with Gasteiger partial charge in [-0.2, -0.15) is 0 Å². The Hall–Kier alpha value is -1.10. The molecular weight excluding hydrogens is 198 g/mol. The molecule has 2 fully saturated rings. The monoisotopic (exact) mass is 213 g/mol. The SMILES string of the molecule is CCC1(O)CN(C(=O)[C@@H]2C[C@@H]2C(=O)O)C1. The molecule has 5 heteroatoms. The van der Waals surface area contributed by atoms with Crippen molar-refractivity contribution >= 4 is 11.9 Å². The third-order valence-corrected chi connectivity index (χ3v) is 3.36. The fraction of sp³-hybridized carbons (Fsp3) is 0.800. The topological polar surface area (TPSA) is 77.8 Å². The summed E-state index contributed by atoms with van der Waals surface area (Å²) in [6.45, 7) is 2.58. The first-order chi connectivity index (χ1) is 6.97. The standard InChI is InChI=1S/C10H15NO4/c1-2-10(15)4-11(5-10)8(12)6-3-7(6)9(13)14/h6-7,15H,2-5H2,1H3,(H,13,14)/t6-,7+/m1/s1. The number of carbonyl (C=O) groups is 2. The lowest BCUT2D eigenvalue weighted by molar-refractivity contribution is -0.158. The highest BCUT2D eigenvalue weighted by atomic mass is 16.4. The van der Waals surface area contributed by atoms with Crippen molar-refractivity contribution in [1.29, 1.82) is 0 Å². The van der Waals surface area contributed by atoms with E-state index in [1.807, 2.05) is 6.92 Å². The van der Waals surface area contributed by atoms with Gasteiger partial charge in [-0.25, -0.2) is 0 Å².